The molecule has 3 atom stereocenters. The van der Waals surface area contributed by atoms with Crippen LogP contribution in [0.1, 0.15) is 13.3 Å². The number of hydrogen-bond acceptors (Lipinski definition) is 5. The number of esters is 2. The van der Waals surface area contributed by atoms with E-state index >= 15 is 0 Å². The van der Waals surface area contributed by atoms with Gasteiger partial charge in [-0.2, -0.15) is 0 Å². The lowest BCUT2D eigenvalue weighted by atomic mass is 9.71. The molecular weight excluding hydrogens is 204 g/mol. The van der Waals surface area contributed by atoms with Crippen LogP contribution in [0, 0.1) is 11.8 Å². The molecule has 0 spiro atoms. The lowest BCUT2D eigenvalue weighted by Gasteiger charge is -2.38. The van der Waals surface area contributed by atoms with E-state index in [0.29, 0.717) is 0 Å². The maximum Gasteiger partial charge on any atom is 0.311 e. The van der Waals surface area contributed by atoms with Crippen LogP contribution in [0.4, 0.5) is 0 Å². The third-order valence-electron chi connectivity index (χ3n) is 2.43. The minimum absolute atomic E-state index is 0.212. The average molecular weight is 216 g/mol. The van der Waals surface area contributed by atoms with Gasteiger partial charge in [-0.3, -0.25) is 14.4 Å². The van der Waals surface area contributed by atoms with Crippen LogP contribution in [0.25, 0.3) is 0 Å². The van der Waals surface area contributed by atoms with Crippen molar-refractivity contribution in [2.24, 2.45) is 11.8 Å². The first kappa shape index (κ1) is 11.5. The second-order valence-electron chi connectivity index (χ2n) is 3.38. The van der Waals surface area contributed by atoms with Gasteiger partial charge in [0.1, 0.15) is 12.0 Å². The van der Waals surface area contributed by atoms with Crippen molar-refractivity contribution in [1.82, 2.24) is 0 Å². The normalized spacial score (nSPS) is 28.8. The molecule has 15 heavy (non-hydrogen) atoms. The molecule has 0 aliphatic heterocycles. The Morgan fingerprint density at radius 3 is 2.33 bits per heavy atom. The van der Waals surface area contributed by atoms with Crippen LogP contribution < -0.4 is 0 Å². The molecule has 1 aliphatic carbocycles. The molecule has 0 radical (unpaired) electrons. The van der Waals surface area contributed by atoms with E-state index in [-0.39, 0.29) is 6.42 Å². The van der Waals surface area contributed by atoms with Crippen LogP contribution in [0.3, 0.4) is 0 Å². The third-order valence-corrected chi connectivity index (χ3v) is 2.43. The Morgan fingerprint density at radius 1 is 1.33 bits per heavy atom. The van der Waals surface area contributed by atoms with Crippen molar-refractivity contribution in [3.8, 4) is 0 Å². The van der Waals surface area contributed by atoms with E-state index in [4.69, 9.17) is 9.84 Å². The van der Waals surface area contributed by atoms with Crippen LogP contribution in [-0.2, 0) is 23.9 Å². The first-order valence-corrected chi connectivity index (χ1v) is 4.45. The van der Waals surface area contributed by atoms with E-state index in [0.717, 1.165) is 0 Å². The van der Waals surface area contributed by atoms with Crippen LogP contribution in [0.2, 0.25) is 0 Å². The fourth-order valence-corrected chi connectivity index (χ4v) is 1.67. The first-order chi connectivity index (χ1) is 6.97. The van der Waals surface area contributed by atoms with Crippen molar-refractivity contribution in [3.05, 3.63) is 0 Å². The number of aliphatic carboxylic acids is 1. The molecule has 0 heterocycles. The standard InChI is InChI=1S/C9H12O6/c1-4(10)15-6-3-5(9(13)14-2)7(6)8(11)12/h5-7H,3H2,1-2H3,(H,11,12)/t5-,6+,7-/m0/s1. The number of methoxy groups -OCH3 is 1. The number of rotatable bonds is 3. The summed E-state index contributed by atoms with van der Waals surface area (Å²) >= 11 is 0. The summed E-state index contributed by atoms with van der Waals surface area (Å²) in [6.45, 7) is 1.20. The summed E-state index contributed by atoms with van der Waals surface area (Å²) in [5.74, 6) is -3.97. The Balaban J connectivity index is 2.64. The lowest BCUT2D eigenvalue weighted by molar-refractivity contribution is -0.184. The maximum absolute atomic E-state index is 11.1. The Bertz CT molecular complexity index is 297. The number of carbonyl (C=O) groups is 3. The quantitative estimate of drug-likeness (QED) is 0.658. The van der Waals surface area contributed by atoms with Crippen LogP contribution in [0.5, 0.6) is 0 Å². The molecule has 1 rings (SSSR count). The van der Waals surface area contributed by atoms with E-state index in [9.17, 15) is 14.4 Å². The number of carboxylic acid groups (broad SMARTS) is 1. The number of carboxylic acids is 1. The molecule has 1 N–H and O–H groups in total. The van der Waals surface area contributed by atoms with Gasteiger partial charge in [0.2, 0.25) is 0 Å². The molecule has 0 aromatic rings. The summed E-state index contributed by atoms with van der Waals surface area (Å²) in [7, 11) is 1.19. The summed E-state index contributed by atoms with van der Waals surface area (Å²) < 4.78 is 9.20. The van der Waals surface area contributed by atoms with E-state index < -0.39 is 35.8 Å². The molecule has 0 amide bonds. The van der Waals surface area contributed by atoms with Crippen molar-refractivity contribution in [1.29, 1.82) is 0 Å². The minimum atomic E-state index is -1.15. The fraction of sp³-hybridized carbons (Fsp3) is 0.667. The second kappa shape index (κ2) is 4.29. The Labute approximate surface area is 86.2 Å². The van der Waals surface area contributed by atoms with Crippen molar-refractivity contribution in [2.75, 3.05) is 7.11 Å². The third kappa shape index (κ3) is 2.26. The molecule has 0 saturated heterocycles. The monoisotopic (exact) mass is 216 g/mol. The minimum Gasteiger partial charge on any atom is -0.481 e. The number of carbonyl (C=O) groups excluding carboxylic acids is 2. The van der Waals surface area contributed by atoms with Gasteiger partial charge in [0.25, 0.3) is 0 Å². The van der Waals surface area contributed by atoms with Gasteiger partial charge in [0.05, 0.1) is 13.0 Å². The molecule has 0 aromatic carbocycles. The summed E-state index contributed by atoms with van der Waals surface area (Å²) in [6.07, 6.45) is -0.507. The molecule has 1 fully saturated rings. The van der Waals surface area contributed by atoms with Crippen molar-refractivity contribution < 1.29 is 29.0 Å². The maximum atomic E-state index is 11.1. The van der Waals surface area contributed by atoms with Crippen molar-refractivity contribution in [3.63, 3.8) is 0 Å². The van der Waals surface area contributed by atoms with E-state index in [1.54, 1.807) is 0 Å². The predicted octanol–water partition coefficient (Wildman–Crippen LogP) is -0.188. The van der Waals surface area contributed by atoms with Gasteiger partial charge < -0.3 is 14.6 Å². The molecule has 0 bridgehead atoms. The number of hydrogen-bond donors (Lipinski definition) is 1. The zero-order valence-corrected chi connectivity index (χ0v) is 8.43. The van der Waals surface area contributed by atoms with Crippen molar-refractivity contribution >= 4 is 17.9 Å². The highest BCUT2D eigenvalue weighted by Gasteiger charge is 2.52. The lowest BCUT2D eigenvalue weighted by Crippen LogP contribution is -2.51. The predicted molar refractivity (Wildman–Crippen MR) is 46.8 cm³/mol. The Hall–Kier alpha value is -1.59. The van der Waals surface area contributed by atoms with Crippen LogP contribution >= 0.6 is 0 Å². The molecule has 6 nitrogen and oxygen atoms in total. The fourth-order valence-electron chi connectivity index (χ4n) is 1.67. The van der Waals surface area contributed by atoms with Gasteiger partial charge in [0, 0.05) is 6.92 Å². The number of ether oxygens (including phenoxy) is 2. The topological polar surface area (TPSA) is 89.9 Å². The van der Waals surface area contributed by atoms with E-state index in [1.807, 2.05) is 0 Å². The Morgan fingerprint density at radius 2 is 1.93 bits per heavy atom. The molecule has 1 aliphatic rings. The highest BCUT2D eigenvalue weighted by atomic mass is 16.5. The van der Waals surface area contributed by atoms with Gasteiger partial charge in [-0.05, 0) is 6.42 Å². The molecular formula is C9H12O6. The molecule has 0 aromatic heterocycles. The van der Waals surface area contributed by atoms with Crippen LogP contribution in [0.15, 0.2) is 0 Å². The summed E-state index contributed by atoms with van der Waals surface area (Å²) in [4.78, 5) is 32.5. The van der Waals surface area contributed by atoms with Gasteiger partial charge in [-0.25, -0.2) is 0 Å². The van der Waals surface area contributed by atoms with Gasteiger partial charge >= 0.3 is 17.9 Å². The van der Waals surface area contributed by atoms with Gasteiger partial charge in [0.15, 0.2) is 0 Å². The zero-order chi connectivity index (χ0) is 11.6. The van der Waals surface area contributed by atoms with Gasteiger partial charge in [-0.15, -0.1) is 0 Å². The second-order valence-corrected chi connectivity index (χ2v) is 3.38. The summed E-state index contributed by atoms with van der Waals surface area (Å²) in [5.41, 5.74) is 0. The van der Waals surface area contributed by atoms with E-state index in [2.05, 4.69) is 4.74 Å². The van der Waals surface area contributed by atoms with Gasteiger partial charge in [-0.1, -0.05) is 0 Å². The summed E-state index contributed by atoms with van der Waals surface area (Å²) in [5, 5.41) is 8.83. The van der Waals surface area contributed by atoms with Crippen LogP contribution in [-0.4, -0.2) is 36.2 Å². The summed E-state index contributed by atoms with van der Waals surface area (Å²) in [6, 6.07) is 0. The van der Waals surface area contributed by atoms with E-state index in [1.165, 1.54) is 14.0 Å². The molecule has 6 heteroatoms. The molecule has 1 saturated carbocycles. The Kier molecular flexibility index (Phi) is 3.28. The zero-order valence-electron chi connectivity index (χ0n) is 8.43. The first-order valence-electron chi connectivity index (χ1n) is 4.45. The highest BCUT2D eigenvalue weighted by molar-refractivity contribution is 5.84. The molecule has 84 valence electrons. The smallest absolute Gasteiger partial charge is 0.311 e. The van der Waals surface area contributed by atoms with Crippen molar-refractivity contribution in [2.45, 2.75) is 19.4 Å². The molecule has 0 unspecified atom stereocenters. The highest BCUT2D eigenvalue weighted by Crippen LogP contribution is 2.38. The largest absolute Gasteiger partial charge is 0.481 e. The average Bonchev–Trinajstić information content (AvgIpc) is 2.08. The SMILES string of the molecule is COC(=O)[C@H]1C[C@@H](OC(C)=O)[C@H]1C(=O)O.